The molecule has 1 atom stereocenters. The summed E-state index contributed by atoms with van der Waals surface area (Å²) < 4.78 is 5.19. The van der Waals surface area contributed by atoms with Crippen LogP contribution < -0.4 is 15.4 Å². The van der Waals surface area contributed by atoms with Crippen LogP contribution in [0.3, 0.4) is 0 Å². The van der Waals surface area contributed by atoms with Gasteiger partial charge >= 0.3 is 0 Å². The zero-order valence-electron chi connectivity index (χ0n) is 14.0. The highest BCUT2D eigenvalue weighted by Crippen LogP contribution is 2.19. The lowest BCUT2D eigenvalue weighted by molar-refractivity contribution is 0.0949. The van der Waals surface area contributed by atoms with Crippen molar-refractivity contribution in [3.8, 4) is 5.75 Å². The molecule has 0 bridgehead atoms. The number of nitrogens with one attached hydrogen (secondary N) is 2. The Balaban J connectivity index is 1.66. The zero-order chi connectivity index (χ0) is 16.9. The number of benzene rings is 1. The van der Waals surface area contributed by atoms with Crippen molar-refractivity contribution < 1.29 is 9.53 Å². The van der Waals surface area contributed by atoms with Crippen molar-refractivity contribution >= 4 is 5.91 Å². The summed E-state index contributed by atoms with van der Waals surface area (Å²) in [4.78, 5) is 21.3. The maximum atomic E-state index is 12.4. The number of amides is 1. The molecule has 24 heavy (non-hydrogen) atoms. The number of rotatable bonds is 5. The van der Waals surface area contributed by atoms with Crippen molar-refractivity contribution in [3.63, 3.8) is 0 Å². The van der Waals surface area contributed by atoms with Crippen LogP contribution in [0, 0.1) is 6.92 Å². The molecular weight excluding hydrogens is 304 g/mol. The van der Waals surface area contributed by atoms with Crippen molar-refractivity contribution in [2.24, 2.45) is 0 Å². The molecule has 1 amide bonds. The van der Waals surface area contributed by atoms with Gasteiger partial charge in [-0.15, -0.1) is 0 Å². The van der Waals surface area contributed by atoms with Gasteiger partial charge in [0.2, 0.25) is 0 Å². The Morgan fingerprint density at radius 3 is 3.04 bits per heavy atom. The Labute approximate surface area is 141 Å². The zero-order valence-corrected chi connectivity index (χ0v) is 14.0. The van der Waals surface area contributed by atoms with Crippen LogP contribution in [0.2, 0.25) is 0 Å². The maximum Gasteiger partial charge on any atom is 0.254 e. The van der Waals surface area contributed by atoms with E-state index in [2.05, 4.69) is 20.6 Å². The van der Waals surface area contributed by atoms with E-state index in [9.17, 15) is 4.79 Å². The molecular formula is C18H22N4O2. The molecule has 1 aromatic heterocycles. The Hall–Kier alpha value is -2.47. The number of methoxy groups -OCH3 is 1. The second kappa shape index (κ2) is 7.40. The number of carbonyl (C=O) groups excluding carboxylic acids is 1. The third kappa shape index (κ3) is 3.71. The largest absolute Gasteiger partial charge is 0.497 e. The molecule has 0 radical (unpaired) electrons. The number of hydrogen-bond acceptors (Lipinski definition) is 5. The monoisotopic (exact) mass is 326 g/mol. The molecule has 2 heterocycles. The molecule has 1 aliphatic heterocycles. The van der Waals surface area contributed by atoms with Crippen molar-refractivity contribution in [2.75, 3.05) is 20.2 Å². The van der Waals surface area contributed by atoms with Crippen LogP contribution in [0.4, 0.5) is 0 Å². The Kier molecular flexibility index (Phi) is 5.05. The summed E-state index contributed by atoms with van der Waals surface area (Å²) in [7, 11) is 1.62. The highest BCUT2D eigenvalue weighted by atomic mass is 16.5. The lowest BCUT2D eigenvalue weighted by Crippen LogP contribution is -2.24. The molecule has 2 aromatic rings. The van der Waals surface area contributed by atoms with Gasteiger partial charge < -0.3 is 15.4 Å². The second-order valence-corrected chi connectivity index (χ2v) is 5.95. The summed E-state index contributed by atoms with van der Waals surface area (Å²) >= 11 is 0. The maximum absolute atomic E-state index is 12.4. The van der Waals surface area contributed by atoms with Crippen LogP contribution in [0.25, 0.3) is 0 Å². The first kappa shape index (κ1) is 16.4. The van der Waals surface area contributed by atoms with E-state index in [0.29, 0.717) is 18.0 Å². The quantitative estimate of drug-likeness (QED) is 0.876. The van der Waals surface area contributed by atoms with Gasteiger partial charge in [-0.25, -0.2) is 9.97 Å². The topological polar surface area (TPSA) is 76.1 Å². The van der Waals surface area contributed by atoms with E-state index >= 15 is 0 Å². The fourth-order valence-electron chi connectivity index (χ4n) is 2.84. The van der Waals surface area contributed by atoms with Crippen LogP contribution in [0.1, 0.15) is 39.8 Å². The van der Waals surface area contributed by atoms with Crippen LogP contribution in [-0.2, 0) is 6.54 Å². The minimum absolute atomic E-state index is 0.161. The van der Waals surface area contributed by atoms with E-state index in [1.807, 2.05) is 31.2 Å². The Morgan fingerprint density at radius 1 is 1.46 bits per heavy atom. The number of aryl methyl sites for hydroxylation is 1. The summed E-state index contributed by atoms with van der Waals surface area (Å²) in [6.07, 6.45) is 2.68. The molecule has 0 aliphatic carbocycles. The summed E-state index contributed by atoms with van der Waals surface area (Å²) in [6, 6.07) is 7.63. The fraction of sp³-hybridized carbons (Fsp3) is 0.389. The predicted octanol–water partition coefficient (Wildman–Crippen LogP) is 1.80. The van der Waals surface area contributed by atoms with Crippen LogP contribution in [0.15, 0.2) is 30.5 Å². The first-order chi connectivity index (χ1) is 11.7. The molecule has 1 unspecified atom stereocenters. The van der Waals surface area contributed by atoms with E-state index in [0.717, 1.165) is 42.3 Å². The molecule has 2 N–H and O–H groups in total. The molecule has 6 nitrogen and oxygen atoms in total. The van der Waals surface area contributed by atoms with Crippen molar-refractivity contribution in [3.05, 3.63) is 53.1 Å². The normalized spacial score (nSPS) is 16.8. The fourth-order valence-corrected chi connectivity index (χ4v) is 2.84. The molecule has 6 heteroatoms. The Morgan fingerprint density at radius 2 is 2.33 bits per heavy atom. The van der Waals surface area contributed by atoms with Crippen LogP contribution in [-0.4, -0.2) is 36.1 Å². The SMILES string of the molecule is COc1cccc(CNC(=O)c2cnc(C3CCNC3)nc2C)c1. The van der Waals surface area contributed by atoms with E-state index in [1.165, 1.54) is 0 Å². The number of nitrogens with zero attached hydrogens (tertiary/aromatic N) is 2. The average Bonchev–Trinajstić information content (AvgIpc) is 3.14. The summed E-state index contributed by atoms with van der Waals surface area (Å²) in [5.41, 5.74) is 2.22. The number of aromatic nitrogens is 2. The number of hydrogen-bond donors (Lipinski definition) is 2. The van der Waals surface area contributed by atoms with Crippen LogP contribution >= 0.6 is 0 Å². The van der Waals surface area contributed by atoms with Gasteiger partial charge in [0.25, 0.3) is 5.91 Å². The summed E-state index contributed by atoms with van der Waals surface area (Å²) in [5, 5.41) is 6.22. The van der Waals surface area contributed by atoms with Gasteiger partial charge in [-0.3, -0.25) is 4.79 Å². The van der Waals surface area contributed by atoms with Gasteiger partial charge in [0.15, 0.2) is 0 Å². The lowest BCUT2D eigenvalue weighted by atomic mass is 10.1. The minimum Gasteiger partial charge on any atom is -0.497 e. The summed E-state index contributed by atoms with van der Waals surface area (Å²) in [5.74, 6) is 1.78. The molecule has 0 saturated carbocycles. The number of carbonyl (C=O) groups is 1. The van der Waals surface area contributed by atoms with Crippen molar-refractivity contribution in [1.82, 2.24) is 20.6 Å². The Bertz CT molecular complexity index is 727. The number of ether oxygens (including phenoxy) is 1. The molecule has 1 saturated heterocycles. The first-order valence-electron chi connectivity index (χ1n) is 8.12. The minimum atomic E-state index is -0.161. The van der Waals surface area contributed by atoms with Crippen molar-refractivity contribution in [1.29, 1.82) is 0 Å². The van der Waals surface area contributed by atoms with Crippen LogP contribution in [0.5, 0.6) is 5.75 Å². The average molecular weight is 326 g/mol. The smallest absolute Gasteiger partial charge is 0.254 e. The van der Waals surface area contributed by atoms with Gasteiger partial charge in [-0.05, 0) is 37.6 Å². The van der Waals surface area contributed by atoms with E-state index in [4.69, 9.17) is 4.74 Å². The van der Waals surface area contributed by atoms with E-state index in [1.54, 1.807) is 13.3 Å². The van der Waals surface area contributed by atoms with Crippen molar-refractivity contribution in [2.45, 2.75) is 25.8 Å². The van der Waals surface area contributed by atoms with E-state index in [-0.39, 0.29) is 5.91 Å². The highest BCUT2D eigenvalue weighted by molar-refractivity contribution is 5.94. The predicted molar refractivity (Wildman–Crippen MR) is 91.2 cm³/mol. The van der Waals surface area contributed by atoms with Gasteiger partial charge in [0, 0.05) is 25.2 Å². The summed E-state index contributed by atoms with van der Waals surface area (Å²) in [6.45, 7) is 4.19. The molecule has 1 aromatic carbocycles. The lowest BCUT2D eigenvalue weighted by Gasteiger charge is -2.11. The highest BCUT2D eigenvalue weighted by Gasteiger charge is 2.21. The van der Waals surface area contributed by atoms with Gasteiger partial charge in [-0.1, -0.05) is 12.1 Å². The van der Waals surface area contributed by atoms with Gasteiger partial charge in [-0.2, -0.15) is 0 Å². The molecule has 3 rings (SSSR count). The third-order valence-electron chi connectivity index (χ3n) is 4.26. The second-order valence-electron chi connectivity index (χ2n) is 5.95. The third-order valence-corrected chi connectivity index (χ3v) is 4.26. The molecule has 126 valence electrons. The standard InChI is InChI=1S/C18H22N4O2/c1-12-16(11-20-17(22-12)14-6-7-19-10-14)18(23)21-9-13-4-3-5-15(8-13)24-2/h3-5,8,11,14,19H,6-7,9-10H2,1-2H3,(H,21,23). The molecule has 0 spiro atoms. The molecule has 1 aliphatic rings. The molecule has 1 fully saturated rings. The van der Waals surface area contributed by atoms with Gasteiger partial charge in [0.1, 0.15) is 11.6 Å². The van der Waals surface area contributed by atoms with E-state index < -0.39 is 0 Å². The van der Waals surface area contributed by atoms with Gasteiger partial charge in [0.05, 0.1) is 18.4 Å². The first-order valence-corrected chi connectivity index (χ1v) is 8.12.